The molecule has 2 aromatic rings. The number of carbonyl (C=O) groups is 1. The molecule has 2 aromatic carbocycles. The van der Waals surface area contributed by atoms with Crippen LogP contribution in [0.2, 0.25) is 0 Å². The van der Waals surface area contributed by atoms with Crippen LogP contribution in [0, 0.1) is 33.9 Å². The van der Waals surface area contributed by atoms with Crippen molar-refractivity contribution in [3.05, 3.63) is 70.5 Å². The molecule has 0 spiro atoms. The number of rotatable bonds is 6. The highest BCUT2D eigenvalue weighted by molar-refractivity contribution is 6.55. The van der Waals surface area contributed by atoms with E-state index in [0.717, 1.165) is 0 Å². The van der Waals surface area contributed by atoms with Crippen molar-refractivity contribution in [2.45, 2.75) is 19.8 Å². The number of para-hydroxylation sites is 1. The van der Waals surface area contributed by atoms with Gasteiger partial charge in [-0.2, -0.15) is 5.26 Å². The van der Waals surface area contributed by atoms with Crippen molar-refractivity contribution in [3.63, 3.8) is 0 Å². The maximum absolute atomic E-state index is 14.3. The number of hydrogen-bond acceptors (Lipinski definition) is 3. The van der Waals surface area contributed by atoms with Crippen molar-refractivity contribution in [2.75, 3.05) is 0 Å². The molecule has 0 heterocycles. The van der Waals surface area contributed by atoms with E-state index in [0.29, 0.717) is 11.3 Å². The third-order valence-corrected chi connectivity index (χ3v) is 5.99. The van der Waals surface area contributed by atoms with E-state index < -0.39 is 34.5 Å². The molecule has 4 nitrogen and oxygen atoms in total. The minimum absolute atomic E-state index is 0.0601. The standard InChI is InChI=1S/C22H18Cl2FNO3/c1-21(2)18(11-19(23)24)22(21,20(27)28)15(12-26)13-8-9-16(25)17(10-13)29-14-6-4-3-5-7-14/h3-11,15,18H,1-2H3,(H,27,28)/t15-,18-,22+/m0/s1. The Morgan fingerprint density at radius 1 is 1.28 bits per heavy atom. The summed E-state index contributed by atoms with van der Waals surface area (Å²) in [6, 6.07) is 14.7. The fourth-order valence-corrected chi connectivity index (χ4v) is 4.47. The Labute approximate surface area is 178 Å². The molecule has 3 rings (SSSR count). The zero-order valence-electron chi connectivity index (χ0n) is 15.7. The molecule has 7 heteroatoms. The molecule has 1 aliphatic carbocycles. The summed E-state index contributed by atoms with van der Waals surface area (Å²) in [6.45, 7) is 3.49. The van der Waals surface area contributed by atoms with E-state index in [1.54, 1.807) is 44.2 Å². The number of benzene rings is 2. The summed E-state index contributed by atoms with van der Waals surface area (Å²) >= 11 is 11.6. The summed E-state index contributed by atoms with van der Waals surface area (Å²) in [6.07, 6.45) is 1.45. The van der Waals surface area contributed by atoms with Crippen LogP contribution in [0.5, 0.6) is 11.5 Å². The number of carboxylic acid groups (broad SMARTS) is 1. The highest BCUT2D eigenvalue weighted by atomic mass is 35.5. The lowest BCUT2D eigenvalue weighted by molar-refractivity contribution is -0.145. The second-order valence-electron chi connectivity index (χ2n) is 7.50. The first-order valence-electron chi connectivity index (χ1n) is 8.84. The normalized spacial score (nSPS) is 22.8. The number of allylic oxidation sites excluding steroid dienone is 1. The molecule has 0 aliphatic heterocycles. The van der Waals surface area contributed by atoms with Gasteiger partial charge in [0, 0.05) is 5.92 Å². The van der Waals surface area contributed by atoms with E-state index in [-0.39, 0.29) is 10.2 Å². The lowest BCUT2D eigenvalue weighted by atomic mass is 9.78. The molecule has 1 N–H and O–H groups in total. The van der Waals surface area contributed by atoms with Gasteiger partial charge in [0.2, 0.25) is 0 Å². The average Bonchev–Trinajstić information content (AvgIpc) is 3.14. The van der Waals surface area contributed by atoms with Gasteiger partial charge >= 0.3 is 5.97 Å². The molecule has 0 bridgehead atoms. The molecule has 0 amide bonds. The SMILES string of the molecule is CC1(C)[C@H](C=C(Cl)Cl)[C@@]1(C(=O)O)[C@@H](C#N)c1ccc(F)c(Oc2ccccc2)c1. The van der Waals surface area contributed by atoms with Crippen LogP contribution in [-0.2, 0) is 4.79 Å². The maximum atomic E-state index is 14.3. The summed E-state index contributed by atoms with van der Waals surface area (Å²) in [5.41, 5.74) is -1.90. The predicted octanol–water partition coefficient (Wildman–Crippen LogP) is 6.27. The lowest BCUT2D eigenvalue weighted by Gasteiger charge is -2.22. The Kier molecular flexibility index (Phi) is 5.62. The minimum Gasteiger partial charge on any atom is -0.481 e. The van der Waals surface area contributed by atoms with E-state index in [9.17, 15) is 19.6 Å². The smallest absolute Gasteiger partial charge is 0.312 e. The van der Waals surface area contributed by atoms with Crippen LogP contribution in [-0.4, -0.2) is 11.1 Å². The van der Waals surface area contributed by atoms with Crippen molar-refractivity contribution in [2.24, 2.45) is 16.7 Å². The van der Waals surface area contributed by atoms with Crippen molar-refractivity contribution >= 4 is 29.2 Å². The van der Waals surface area contributed by atoms with Gasteiger partial charge in [0.1, 0.15) is 15.7 Å². The number of halogens is 3. The third kappa shape index (κ3) is 3.48. The summed E-state index contributed by atoms with van der Waals surface area (Å²) in [5, 5.41) is 20.0. The zero-order valence-corrected chi connectivity index (χ0v) is 17.2. The summed E-state index contributed by atoms with van der Waals surface area (Å²) < 4.78 is 19.9. The second-order valence-corrected chi connectivity index (χ2v) is 8.50. The number of carboxylic acids is 1. The molecule has 1 aliphatic rings. The summed E-state index contributed by atoms with van der Waals surface area (Å²) in [4.78, 5) is 12.3. The Morgan fingerprint density at radius 2 is 1.93 bits per heavy atom. The Morgan fingerprint density at radius 3 is 2.48 bits per heavy atom. The molecule has 0 aromatic heterocycles. The molecule has 0 radical (unpaired) electrons. The molecule has 150 valence electrons. The van der Waals surface area contributed by atoms with Crippen LogP contribution in [0.15, 0.2) is 59.1 Å². The molecule has 0 unspecified atom stereocenters. The first kappa shape index (κ1) is 21.2. The van der Waals surface area contributed by atoms with Crippen LogP contribution < -0.4 is 4.74 Å². The molecular formula is C22H18Cl2FNO3. The van der Waals surface area contributed by atoms with E-state index in [1.807, 2.05) is 0 Å². The first-order chi connectivity index (χ1) is 13.7. The molecular weight excluding hydrogens is 416 g/mol. The van der Waals surface area contributed by atoms with Crippen LogP contribution in [0.25, 0.3) is 0 Å². The summed E-state index contributed by atoms with van der Waals surface area (Å²) in [7, 11) is 0. The van der Waals surface area contributed by atoms with E-state index in [1.165, 1.54) is 24.3 Å². The highest BCUT2D eigenvalue weighted by Crippen LogP contribution is 2.75. The molecule has 29 heavy (non-hydrogen) atoms. The average molecular weight is 434 g/mol. The van der Waals surface area contributed by atoms with Crippen molar-refractivity contribution in [1.82, 2.24) is 0 Å². The van der Waals surface area contributed by atoms with E-state index >= 15 is 0 Å². The van der Waals surface area contributed by atoms with Gasteiger partial charge in [-0.15, -0.1) is 0 Å². The Balaban J connectivity index is 2.06. The Bertz CT molecular complexity index is 1010. The monoisotopic (exact) mass is 433 g/mol. The number of aliphatic carboxylic acids is 1. The van der Waals surface area contributed by atoms with Crippen LogP contribution in [0.1, 0.15) is 25.3 Å². The van der Waals surface area contributed by atoms with Gasteiger partial charge in [0.25, 0.3) is 0 Å². The zero-order chi connectivity index (χ0) is 21.4. The highest BCUT2D eigenvalue weighted by Gasteiger charge is 2.78. The third-order valence-electron chi connectivity index (χ3n) is 5.74. The number of ether oxygens (including phenoxy) is 1. The number of hydrogen-bond donors (Lipinski definition) is 1. The fraction of sp³-hybridized carbons (Fsp3) is 0.273. The molecule has 0 saturated heterocycles. The Hall–Kier alpha value is -2.55. The van der Waals surface area contributed by atoms with Crippen molar-refractivity contribution in [1.29, 1.82) is 5.26 Å². The maximum Gasteiger partial charge on any atom is 0.312 e. The largest absolute Gasteiger partial charge is 0.481 e. The van der Waals surface area contributed by atoms with Gasteiger partial charge in [-0.25, -0.2) is 4.39 Å². The van der Waals surface area contributed by atoms with Gasteiger partial charge in [0.05, 0.1) is 12.0 Å². The first-order valence-corrected chi connectivity index (χ1v) is 9.60. The number of nitriles is 1. The topological polar surface area (TPSA) is 70.3 Å². The fourth-order valence-electron chi connectivity index (χ4n) is 4.22. The van der Waals surface area contributed by atoms with E-state index in [4.69, 9.17) is 27.9 Å². The molecule has 1 saturated carbocycles. The van der Waals surface area contributed by atoms with Crippen molar-refractivity contribution in [3.8, 4) is 17.6 Å². The predicted molar refractivity (Wildman–Crippen MR) is 108 cm³/mol. The quantitative estimate of drug-likeness (QED) is 0.582. The van der Waals surface area contributed by atoms with Crippen LogP contribution >= 0.6 is 23.2 Å². The van der Waals surface area contributed by atoms with Gasteiger partial charge in [-0.1, -0.05) is 61.3 Å². The van der Waals surface area contributed by atoms with Crippen LogP contribution in [0.4, 0.5) is 4.39 Å². The van der Waals surface area contributed by atoms with Crippen molar-refractivity contribution < 1.29 is 19.0 Å². The van der Waals surface area contributed by atoms with Gasteiger partial charge in [-0.3, -0.25) is 4.79 Å². The van der Waals surface area contributed by atoms with Gasteiger partial charge < -0.3 is 9.84 Å². The van der Waals surface area contributed by atoms with Gasteiger partial charge in [0.15, 0.2) is 11.6 Å². The lowest BCUT2D eigenvalue weighted by Crippen LogP contribution is -2.28. The van der Waals surface area contributed by atoms with E-state index in [2.05, 4.69) is 6.07 Å². The summed E-state index contributed by atoms with van der Waals surface area (Å²) in [5.74, 6) is -3.05. The van der Waals surface area contributed by atoms with Crippen LogP contribution in [0.3, 0.4) is 0 Å². The minimum atomic E-state index is -1.46. The molecule has 3 atom stereocenters. The second kappa shape index (κ2) is 7.70. The van der Waals surface area contributed by atoms with Gasteiger partial charge in [-0.05, 0) is 41.3 Å². The number of nitrogens with zero attached hydrogens (tertiary/aromatic N) is 1. The molecule has 1 fully saturated rings.